The van der Waals surface area contributed by atoms with Gasteiger partial charge in [0.25, 0.3) is 0 Å². The van der Waals surface area contributed by atoms with Gasteiger partial charge in [-0.05, 0) is 77.1 Å². The van der Waals surface area contributed by atoms with Crippen molar-refractivity contribution in [1.29, 1.82) is 0 Å². The highest BCUT2D eigenvalue weighted by Gasteiger charge is 2.25. The van der Waals surface area contributed by atoms with Crippen molar-refractivity contribution in [2.75, 3.05) is 13.4 Å². The summed E-state index contributed by atoms with van der Waals surface area (Å²) >= 11 is 1.62. The SMILES string of the molecule is COC(=O)c1c(SC)cc(-c2ccc3ccccc3c2)c2c1CCCC2. The molecule has 1 aliphatic rings. The fraction of sp³-hybridized carbons (Fsp3) is 0.261. The van der Waals surface area contributed by atoms with Crippen molar-refractivity contribution in [2.45, 2.75) is 30.6 Å². The van der Waals surface area contributed by atoms with Crippen LogP contribution in [-0.2, 0) is 17.6 Å². The van der Waals surface area contributed by atoms with Crippen molar-refractivity contribution < 1.29 is 9.53 Å². The molecule has 0 radical (unpaired) electrons. The van der Waals surface area contributed by atoms with E-state index in [0.717, 1.165) is 29.7 Å². The Morgan fingerprint density at radius 3 is 2.42 bits per heavy atom. The van der Waals surface area contributed by atoms with E-state index < -0.39 is 0 Å². The van der Waals surface area contributed by atoms with Crippen molar-refractivity contribution in [2.24, 2.45) is 0 Å². The Morgan fingerprint density at radius 1 is 0.962 bits per heavy atom. The molecule has 0 bridgehead atoms. The van der Waals surface area contributed by atoms with Gasteiger partial charge in [-0.1, -0.05) is 36.4 Å². The van der Waals surface area contributed by atoms with Gasteiger partial charge in [0.05, 0.1) is 12.7 Å². The summed E-state index contributed by atoms with van der Waals surface area (Å²) in [5.74, 6) is -0.211. The van der Waals surface area contributed by atoms with Gasteiger partial charge in [-0.2, -0.15) is 0 Å². The maximum absolute atomic E-state index is 12.5. The number of thioether (sulfide) groups is 1. The van der Waals surface area contributed by atoms with Crippen LogP contribution < -0.4 is 0 Å². The molecule has 3 aromatic rings. The average Bonchev–Trinajstić information content (AvgIpc) is 2.71. The number of fused-ring (bicyclic) bond motifs is 2. The Bertz CT molecular complexity index is 991. The van der Waals surface area contributed by atoms with Crippen LogP contribution >= 0.6 is 11.8 Å². The lowest BCUT2D eigenvalue weighted by Gasteiger charge is -2.24. The highest BCUT2D eigenvalue weighted by atomic mass is 32.2. The molecule has 0 fully saturated rings. The molecule has 1 aliphatic carbocycles. The summed E-state index contributed by atoms with van der Waals surface area (Å²) in [5.41, 5.74) is 5.79. The summed E-state index contributed by atoms with van der Waals surface area (Å²) < 4.78 is 5.10. The fourth-order valence-electron chi connectivity index (χ4n) is 4.02. The number of ether oxygens (including phenoxy) is 1. The van der Waals surface area contributed by atoms with Gasteiger partial charge in [-0.15, -0.1) is 11.8 Å². The summed E-state index contributed by atoms with van der Waals surface area (Å²) in [6.07, 6.45) is 6.31. The zero-order chi connectivity index (χ0) is 18.1. The third kappa shape index (κ3) is 2.90. The lowest BCUT2D eigenvalue weighted by Crippen LogP contribution is -2.14. The molecule has 0 atom stereocenters. The molecule has 132 valence electrons. The van der Waals surface area contributed by atoms with Gasteiger partial charge in [0.1, 0.15) is 0 Å². The molecule has 3 heteroatoms. The lowest BCUT2D eigenvalue weighted by molar-refractivity contribution is 0.0595. The van der Waals surface area contributed by atoms with Gasteiger partial charge in [0.15, 0.2) is 0 Å². The monoisotopic (exact) mass is 362 g/mol. The van der Waals surface area contributed by atoms with E-state index in [2.05, 4.69) is 48.5 Å². The van der Waals surface area contributed by atoms with E-state index >= 15 is 0 Å². The van der Waals surface area contributed by atoms with Crippen molar-refractivity contribution in [1.82, 2.24) is 0 Å². The van der Waals surface area contributed by atoms with Crippen LogP contribution in [0.15, 0.2) is 53.4 Å². The molecule has 0 aromatic heterocycles. The van der Waals surface area contributed by atoms with Crippen LogP contribution in [0.2, 0.25) is 0 Å². The lowest BCUT2D eigenvalue weighted by atomic mass is 9.82. The molecule has 26 heavy (non-hydrogen) atoms. The first-order valence-electron chi connectivity index (χ1n) is 9.03. The van der Waals surface area contributed by atoms with Gasteiger partial charge in [-0.25, -0.2) is 4.79 Å². The van der Waals surface area contributed by atoms with Crippen LogP contribution in [0.3, 0.4) is 0 Å². The molecule has 0 N–H and O–H groups in total. The van der Waals surface area contributed by atoms with Crippen molar-refractivity contribution >= 4 is 28.5 Å². The maximum Gasteiger partial charge on any atom is 0.339 e. The number of methoxy groups -OCH3 is 1. The summed E-state index contributed by atoms with van der Waals surface area (Å²) in [7, 11) is 1.47. The molecule has 2 nitrogen and oxygen atoms in total. The largest absolute Gasteiger partial charge is 0.465 e. The zero-order valence-electron chi connectivity index (χ0n) is 15.2. The predicted octanol–water partition coefficient (Wildman–Crippen LogP) is 5.89. The van der Waals surface area contributed by atoms with Crippen LogP contribution in [0.5, 0.6) is 0 Å². The second-order valence-electron chi connectivity index (χ2n) is 6.72. The highest BCUT2D eigenvalue weighted by Crippen LogP contribution is 2.39. The Balaban J connectivity index is 1.97. The molecule has 0 unspecified atom stereocenters. The Hall–Kier alpha value is -2.26. The zero-order valence-corrected chi connectivity index (χ0v) is 16.0. The van der Waals surface area contributed by atoms with Crippen LogP contribution in [0, 0.1) is 0 Å². The van der Waals surface area contributed by atoms with Crippen LogP contribution in [0.4, 0.5) is 0 Å². The Morgan fingerprint density at radius 2 is 1.69 bits per heavy atom. The summed E-state index contributed by atoms with van der Waals surface area (Å²) in [4.78, 5) is 13.5. The maximum atomic E-state index is 12.5. The van der Waals surface area contributed by atoms with Crippen LogP contribution in [-0.4, -0.2) is 19.3 Å². The summed E-state index contributed by atoms with van der Waals surface area (Å²) in [5, 5.41) is 2.50. The van der Waals surface area contributed by atoms with Gasteiger partial charge < -0.3 is 4.74 Å². The van der Waals surface area contributed by atoms with E-state index in [1.165, 1.54) is 46.6 Å². The van der Waals surface area contributed by atoms with Crippen molar-refractivity contribution in [3.05, 3.63) is 65.2 Å². The normalized spacial score (nSPS) is 13.5. The van der Waals surface area contributed by atoms with Gasteiger partial charge in [-0.3, -0.25) is 0 Å². The molecule has 0 heterocycles. The highest BCUT2D eigenvalue weighted by molar-refractivity contribution is 7.98. The van der Waals surface area contributed by atoms with E-state index in [4.69, 9.17) is 4.74 Å². The second kappa shape index (κ2) is 7.16. The van der Waals surface area contributed by atoms with E-state index in [1.807, 2.05) is 6.26 Å². The number of benzene rings is 3. The first kappa shape index (κ1) is 17.2. The average molecular weight is 362 g/mol. The first-order valence-corrected chi connectivity index (χ1v) is 10.3. The molecule has 3 aromatic carbocycles. The molecular formula is C23H22O2S. The second-order valence-corrected chi connectivity index (χ2v) is 7.57. The smallest absolute Gasteiger partial charge is 0.339 e. The van der Waals surface area contributed by atoms with E-state index in [9.17, 15) is 4.79 Å². The van der Waals surface area contributed by atoms with Crippen LogP contribution in [0.1, 0.15) is 34.3 Å². The summed E-state index contributed by atoms with van der Waals surface area (Å²) in [6, 6.07) is 17.3. The van der Waals surface area contributed by atoms with Crippen molar-refractivity contribution in [3.63, 3.8) is 0 Å². The van der Waals surface area contributed by atoms with Crippen molar-refractivity contribution in [3.8, 4) is 11.1 Å². The minimum absolute atomic E-state index is 0.211. The van der Waals surface area contributed by atoms with Gasteiger partial charge in [0.2, 0.25) is 0 Å². The topological polar surface area (TPSA) is 26.3 Å². The number of hydrogen-bond donors (Lipinski definition) is 0. The van der Waals surface area contributed by atoms with E-state index in [1.54, 1.807) is 11.8 Å². The minimum Gasteiger partial charge on any atom is -0.465 e. The molecule has 0 amide bonds. The number of carbonyl (C=O) groups is 1. The minimum atomic E-state index is -0.211. The number of rotatable bonds is 3. The quantitative estimate of drug-likeness (QED) is 0.429. The molecule has 0 saturated heterocycles. The van der Waals surface area contributed by atoms with Gasteiger partial charge in [0, 0.05) is 4.90 Å². The molecule has 0 aliphatic heterocycles. The summed E-state index contributed by atoms with van der Waals surface area (Å²) in [6.45, 7) is 0. The molecule has 4 rings (SSSR count). The number of carbonyl (C=O) groups excluding carboxylic acids is 1. The predicted molar refractivity (Wildman–Crippen MR) is 109 cm³/mol. The van der Waals surface area contributed by atoms with Crippen LogP contribution in [0.25, 0.3) is 21.9 Å². The first-order chi connectivity index (χ1) is 12.7. The number of esters is 1. The Kier molecular flexibility index (Phi) is 4.73. The Labute approximate surface area is 158 Å². The molecule has 0 spiro atoms. The standard InChI is InChI=1S/C23H22O2S/c1-25-23(24)22-19-10-6-5-9-18(19)20(14-21(22)26-2)17-12-11-15-7-3-4-8-16(15)13-17/h3-4,7-8,11-14H,5-6,9-10H2,1-2H3. The third-order valence-corrected chi connectivity index (χ3v) is 6.05. The molecular weight excluding hydrogens is 340 g/mol. The third-order valence-electron chi connectivity index (χ3n) is 5.29. The van der Waals surface area contributed by atoms with E-state index in [-0.39, 0.29) is 5.97 Å². The molecule has 0 saturated carbocycles. The number of hydrogen-bond acceptors (Lipinski definition) is 3. The van der Waals surface area contributed by atoms with E-state index in [0.29, 0.717) is 0 Å². The fourth-order valence-corrected chi connectivity index (χ4v) is 4.67. The van der Waals surface area contributed by atoms with Gasteiger partial charge >= 0.3 is 5.97 Å².